The first-order valence-corrected chi connectivity index (χ1v) is 6.78. The van der Waals surface area contributed by atoms with Gasteiger partial charge < -0.3 is 4.98 Å². The highest BCUT2D eigenvalue weighted by Crippen LogP contribution is 2.35. The van der Waals surface area contributed by atoms with Crippen molar-refractivity contribution >= 4 is 22.7 Å². The number of aromatic amines is 1. The first-order chi connectivity index (χ1) is 8.79. The quantitative estimate of drug-likeness (QED) is 0.701. The van der Waals surface area contributed by atoms with Crippen LogP contribution in [0.4, 0.5) is 4.39 Å². The van der Waals surface area contributed by atoms with Crippen molar-refractivity contribution in [2.45, 2.75) is 4.90 Å². The Labute approximate surface area is 108 Å². The minimum Gasteiger partial charge on any atom is -0.352 e. The summed E-state index contributed by atoms with van der Waals surface area (Å²) >= 11 is 1.64. The Kier molecular flexibility index (Phi) is 2.80. The highest BCUT2D eigenvalue weighted by Gasteiger charge is 2.13. The molecule has 3 rings (SSSR count). The van der Waals surface area contributed by atoms with Crippen LogP contribution in [0, 0.1) is 5.82 Å². The molecule has 3 aromatic rings. The lowest BCUT2D eigenvalue weighted by atomic mass is 10.2. The fraction of sp³-hybridized carbons (Fsp3) is 0.0714. The number of aromatic nitrogens is 2. The molecule has 2 heterocycles. The zero-order valence-corrected chi connectivity index (χ0v) is 10.6. The Morgan fingerprint density at radius 2 is 2.06 bits per heavy atom. The van der Waals surface area contributed by atoms with Crippen molar-refractivity contribution in [2.24, 2.45) is 0 Å². The number of halogens is 1. The van der Waals surface area contributed by atoms with Crippen LogP contribution in [0.1, 0.15) is 0 Å². The van der Waals surface area contributed by atoms with Crippen molar-refractivity contribution in [1.82, 2.24) is 9.97 Å². The Bertz CT molecular complexity index is 706. The average Bonchev–Trinajstić information content (AvgIpc) is 2.77. The molecule has 0 spiro atoms. The van der Waals surface area contributed by atoms with Crippen molar-refractivity contribution in [3.8, 4) is 11.4 Å². The molecule has 0 saturated heterocycles. The molecule has 90 valence electrons. The van der Waals surface area contributed by atoms with Gasteiger partial charge in [0.2, 0.25) is 0 Å². The van der Waals surface area contributed by atoms with E-state index in [-0.39, 0.29) is 5.82 Å². The molecule has 0 unspecified atom stereocenters. The zero-order chi connectivity index (χ0) is 12.5. The van der Waals surface area contributed by atoms with Crippen molar-refractivity contribution in [3.63, 3.8) is 0 Å². The number of thioether (sulfide) groups is 1. The van der Waals surface area contributed by atoms with E-state index in [4.69, 9.17) is 0 Å². The third-order valence-electron chi connectivity index (χ3n) is 2.84. The summed E-state index contributed by atoms with van der Waals surface area (Å²) < 4.78 is 13.3. The molecule has 1 N–H and O–H groups in total. The van der Waals surface area contributed by atoms with Crippen LogP contribution in [0.3, 0.4) is 0 Å². The molecule has 0 aliphatic heterocycles. The monoisotopic (exact) mass is 258 g/mol. The number of fused-ring (bicyclic) bond motifs is 1. The highest BCUT2D eigenvalue weighted by atomic mass is 32.2. The van der Waals surface area contributed by atoms with Crippen molar-refractivity contribution < 1.29 is 4.39 Å². The predicted octanol–water partition coefficient (Wildman–Crippen LogP) is 4.09. The van der Waals surface area contributed by atoms with Crippen LogP contribution in [0.15, 0.2) is 47.5 Å². The maximum absolute atomic E-state index is 13.3. The molecule has 2 aromatic heterocycles. The van der Waals surface area contributed by atoms with Crippen LogP contribution in [0.5, 0.6) is 0 Å². The second kappa shape index (κ2) is 4.46. The second-order valence-electron chi connectivity index (χ2n) is 3.94. The molecular weight excluding hydrogens is 247 g/mol. The van der Waals surface area contributed by atoms with E-state index in [1.807, 2.05) is 24.5 Å². The highest BCUT2D eigenvalue weighted by molar-refractivity contribution is 7.99. The Hall–Kier alpha value is -1.81. The van der Waals surface area contributed by atoms with E-state index in [2.05, 4.69) is 16.0 Å². The van der Waals surface area contributed by atoms with Crippen molar-refractivity contribution in [3.05, 3.63) is 48.4 Å². The Morgan fingerprint density at radius 1 is 1.22 bits per heavy atom. The zero-order valence-electron chi connectivity index (χ0n) is 9.77. The molecule has 0 aliphatic carbocycles. The number of hydrogen-bond donors (Lipinski definition) is 1. The van der Waals surface area contributed by atoms with Gasteiger partial charge >= 0.3 is 0 Å². The van der Waals surface area contributed by atoms with E-state index >= 15 is 0 Å². The van der Waals surface area contributed by atoms with Gasteiger partial charge in [-0.3, -0.25) is 4.98 Å². The molecule has 1 aromatic carbocycles. The lowest BCUT2D eigenvalue weighted by Crippen LogP contribution is -1.86. The van der Waals surface area contributed by atoms with Crippen molar-refractivity contribution in [1.29, 1.82) is 0 Å². The number of nitrogens with zero attached hydrogens (tertiary/aromatic N) is 1. The molecule has 0 amide bonds. The van der Waals surface area contributed by atoms with E-state index in [9.17, 15) is 4.39 Å². The van der Waals surface area contributed by atoms with Gasteiger partial charge in [0.25, 0.3) is 0 Å². The molecule has 18 heavy (non-hydrogen) atoms. The summed E-state index contributed by atoms with van der Waals surface area (Å²) in [5, 5.41) is 1.14. The maximum Gasteiger partial charge on any atom is 0.126 e. The van der Waals surface area contributed by atoms with Gasteiger partial charge in [-0.1, -0.05) is 18.2 Å². The van der Waals surface area contributed by atoms with Crippen LogP contribution in [0.2, 0.25) is 0 Å². The minimum atomic E-state index is -0.272. The fourth-order valence-corrected chi connectivity index (χ4v) is 2.81. The first kappa shape index (κ1) is 11.3. The van der Waals surface area contributed by atoms with E-state index in [1.165, 1.54) is 18.3 Å². The van der Waals surface area contributed by atoms with Gasteiger partial charge in [-0.05, 0) is 18.4 Å². The lowest BCUT2D eigenvalue weighted by molar-refractivity contribution is 0.626. The molecule has 0 bridgehead atoms. The lowest BCUT2D eigenvalue weighted by Gasteiger charge is -2.01. The van der Waals surface area contributed by atoms with Gasteiger partial charge in [0.1, 0.15) is 5.82 Å². The van der Waals surface area contributed by atoms with Crippen LogP contribution in [0.25, 0.3) is 22.3 Å². The number of para-hydroxylation sites is 1. The van der Waals surface area contributed by atoms with Crippen LogP contribution in [-0.2, 0) is 0 Å². The summed E-state index contributed by atoms with van der Waals surface area (Å²) in [4.78, 5) is 8.64. The number of benzene rings is 1. The van der Waals surface area contributed by atoms with Gasteiger partial charge in [-0.2, -0.15) is 0 Å². The third-order valence-corrected chi connectivity index (χ3v) is 3.67. The summed E-state index contributed by atoms with van der Waals surface area (Å²) in [7, 11) is 0. The summed E-state index contributed by atoms with van der Waals surface area (Å²) in [6.07, 6.45) is 3.50. The molecule has 0 radical (unpaired) electrons. The van der Waals surface area contributed by atoms with Crippen LogP contribution >= 0.6 is 11.8 Å². The van der Waals surface area contributed by atoms with Crippen LogP contribution in [-0.4, -0.2) is 16.2 Å². The largest absolute Gasteiger partial charge is 0.352 e. The topological polar surface area (TPSA) is 28.7 Å². The first-order valence-electron chi connectivity index (χ1n) is 5.56. The molecular formula is C14H11FN2S. The summed E-state index contributed by atoms with van der Waals surface area (Å²) in [6.45, 7) is 0. The molecule has 0 fully saturated rings. The molecule has 0 aliphatic rings. The molecule has 2 nitrogen and oxygen atoms in total. The van der Waals surface area contributed by atoms with Gasteiger partial charge in [-0.15, -0.1) is 11.8 Å². The summed E-state index contributed by atoms with van der Waals surface area (Å²) in [5.41, 5.74) is 2.56. The van der Waals surface area contributed by atoms with E-state index in [1.54, 1.807) is 11.8 Å². The number of rotatable bonds is 2. The maximum atomic E-state index is 13.3. The normalized spacial score (nSPS) is 11.0. The minimum absolute atomic E-state index is 0.272. The smallest absolute Gasteiger partial charge is 0.126 e. The van der Waals surface area contributed by atoms with E-state index in [0.29, 0.717) is 5.69 Å². The number of pyridine rings is 1. The number of hydrogen-bond acceptors (Lipinski definition) is 2. The molecule has 0 saturated carbocycles. The predicted molar refractivity (Wildman–Crippen MR) is 73.3 cm³/mol. The molecule has 4 heteroatoms. The Balaban J connectivity index is 2.28. The van der Waals surface area contributed by atoms with Gasteiger partial charge in [0.05, 0.1) is 11.4 Å². The second-order valence-corrected chi connectivity index (χ2v) is 4.75. The van der Waals surface area contributed by atoms with Gasteiger partial charge in [0, 0.05) is 28.1 Å². The standard InChI is InChI=1S/C14H11FN2S/c1-18-14-10-4-2-3-5-11(10)17-13(14)12-8-9(15)6-7-16-12/h2-8,17H,1H3. The SMILES string of the molecule is CSc1c(-c2cc(F)ccn2)[nH]c2ccccc12. The van der Waals surface area contributed by atoms with Crippen LogP contribution < -0.4 is 0 Å². The average molecular weight is 258 g/mol. The summed E-state index contributed by atoms with van der Waals surface area (Å²) in [6, 6.07) is 10.8. The number of nitrogens with one attached hydrogen (secondary N) is 1. The van der Waals surface area contributed by atoms with Gasteiger partial charge in [-0.25, -0.2) is 4.39 Å². The van der Waals surface area contributed by atoms with E-state index < -0.39 is 0 Å². The third kappa shape index (κ3) is 1.78. The number of H-pyrrole nitrogens is 1. The Morgan fingerprint density at radius 3 is 2.83 bits per heavy atom. The summed E-state index contributed by atoms with van der Waals surface area (Å²) in [5.74, 6) is -0.272. The van der Waals surface area contributed by atoms with Gasteiger partial charge in [0.15, 0.2) is 0 Å². The molecule has 0 atom stereocenters. The van der Waals surface area contributed by atoms with Crippen molar-refractivity contribution in [2.75, 3.05) is 6.26 Å². The van der Waals surface area contributed by atoms with E-state index in [0.717, 1.165) is 21.5 Å². The fourth-order valence-electron chi connectivity index (χ4n) is 2.05.